The van der Waals surface area contributed by atoms with Gasteiger partial charge in [-0.2, -0.15) is 0 Å². The summed E-state index contributed by atoms with van der Waals surface area (Å²) in [7, 11) is 0. The predicted octanol–water partition coefficient (Wildman–Crippen LogP) is 2.69. The average molecular weight is 260 g/mol. The molecule has 98 valence electrons. The number of nitro groups is 1. The molecule has 0 aliphatic carbocycles. The van der Waals surface area contributed by atoms with Crippen LogP contribution in [-0.4, -0.2) is 16.4 Å². The zero-order valence-electron chi connectivity index (χ0n) is 10.3. The predicted molar refractivity (Wildman–Crippen MR) is 67.7 cm³/mol. The number of carbonyl (C=O) groups excluding carboxylic acids is 1. The van der Waals surface area contributed by atoms with Gasteiger partial charge in [0.15, 0.2) is 0 Å². The van der Waals surface area contributed by atoms with Crippen LogP contribution in [0.25, 0.3) is 11.3 Å². The van der Waals surface area contributed by atoms with Crippen LogP contribution in [0.1, 0.15) is 17.7 Å². The van der Waals surface area contributed by atoms with Gasteiger partial charge in [0.05, 0.1) is 4.92 Å². The minimum absolute atomic E-state index is 0.0263. The van der Waals surface area contributed by atoms with E-state index in [1.165, 1.54) is 12.1 Å². The Kier molecular flexibility index (Phi) is 3.70. The summed E-state index contributed by atoms with van der Waals surface area (Å²) in [6, 6.07) is 6.09. The number of nitro benzene ring substituents is 1. The minimum atomic E-state index is -0.453. The van der Waals surface area contributed by atoms with Crippen LogP contribution in [0.4, 0.5) is 5.69 Å². The zero-order chi connectivity index (χ0) is 13.8. The molecule has 0 unspecified atom stereocenters. The van der Waals surface area contributed by atoms with E-state index in [1.54, 1.807) is 19.1 Å². The topological polar surface area (TPSA) is 86.2 Å². The lowest BCUT2D eigenvalue weighted by Gasteiger charge is -2.00. The van der Waals surface area contributed by atoms with Gasteiger partial charge in [0.25, 0.3) is 5.69 Å². The van der Waals surface area contributed by atoms with Crippen LogP contribution in [0, 0.1) is 17.0 Å². The average Bonchev–Trinajstić information content (AvgIpc) is 2.78. The van der Waals surface area contributed by atoms with Crippen molar-refractivity contribution in [1.29, 1.82) is 0 Å². The second-order valence-electron chi connectivity index (χ2n) is 4.08. The molecule has 6 heteroatoms. The molecular weight excluding hydrogens is 248 g/mol. The molecule has 0 saturated carbocycles. The lowest BCUT2D eigenvalue weighted by atomic mass is 10.0. The number of non-ortho nitro benzene ring substituents is 1. The van der Waals surface area contributed by atoms with E-state index in [2.05, 4.69) is 5.16 Å². The summed E-state index contributed by atoms with van der Waals surface area (Å²) < 4.78 is 5.12. The number of benzene rings is 1. The van der Waals surface area contributed by atoms with Crippen molar-refractivity contribution in [2.24, 2.45) is 0 Å². The third-order valence-electron chi connectivity index (χ3n) is 2.85. The van der Waals surface area contributed by atoms with Crippen LogP contribution in [0.15, 0.2) is 28.8 Å². The second kappa shape index (κ2) is 5.43. The fourth-order valence-electron chi connectivity index (χ4n) is 1.86. The van der Waals surface area contributed by atoms with Crippen molar-refractivity contribution in [1.82, 2.24) is 5.16 Å². The fourth-order valence-corrected chi connectivity index (χ4v) is 1.86. The van der Waals surface area contributed by atoms with E-state index < -0.39 is 4.92 Å². The first kappa shape index (κ1) is 12.9. The number of aldehydes is 1. The van der Waals surface area contributed by atoms with Crippen molar-refractivity contribution >= 4 is 12.0 Å². The summed E-state index contributed by atoms with van der Waals surface area (Å²) in [6.45, 7) is 1.78. The first-order valence-corrected chi connectivity index (χ1v) is 5.77. The lowest BCUT2D eigenvalue weighted by Crippen LogP contribution is -1.92. The van der Waals surface area contributed by atoms with E-state index in [-0.39, 0.29) is 5.69 Å². The molecule has 0 atom stereocenters. The first-order valence-electron chi connectivity index (χ1n) is 5.77. The van der Waals surface area contributed by atoms with Gasteiger partial charge in [-0.25, -0.2) is 0 Å². The number of aromatic nitrogens is 1. The fraction of sp³-hybridized carbons (Fsp3) is 0.231. The Morgan fingerprint density at radius 1 is 1.37 bits per heavy atom. The van der Waals surface area contributed by atoms with Crippen molar-refractivity contribution in [2.75, 3.05) is 0 Å². The maximum Gasteiger partial charge on any atom is 0.269 e. The Hall–Kier alpha value is -2.50. The second-order valence-corrected chi connectivity index (χ2v) is 4.08. The molecule has 0 fully saturated rings. The Bertz CT molecular complexity index is 602. The third kappa shape index (κ3) is 2.67. The van der Waals surface area contributed by atoms with Gasteiger partial charge in [-0.3, -0.25) is 10.1 Å². The monoisotopic (exact) mass is 260 g/mol. The van der Waals surface area contributed by atoms with Crippen molar-refractivity contribution in [3.05, 3.63) is 45.7 Å². The molecule has 1 aromatic carbocycles. The molecular formula is C13H12N2O4. The summed E-state index contributed by atoms with van der Waals surface area (Å²) in [6.07, 6.45) is 1.78. The molecule has 0 N–H and O–H groups in total. The highest BCUT2D eigenvalue weighted by molar-refractivity contribution is 5.65. The Morgan fingerprint density at radius 2 is 2.05 bits per heavy atom. The maximum atomic E-state index is 10.6. The van der Waals surface area contributed by atoms with Crippen LogP contribution < -0.4 is 0 Å². The van der Waals surface area contributed by atoms with Gasteiger partial charge in [-0.1, -0.05) is 5.16 Å². The van der Waals surface area contributed by atoms with Gasteiger partial charge in [-0.15, -0.1) is 0 Å². The smallest absolute Gasteiger partial charge is 0.269 e. The molecule has 2 aromatic rings. The van der Waals surface area contributed by atoms with Crippen molar-refractivity contribution < 1.29 is 14.2 Å². The van der Waals surface area contributed by atoms with Gasteiger partial charge in [0, 0.05) is 29.7 Å². The summed E-state index contributed by atoms with van der Waals surface area (Å²) in [5.41, 5.74) is 2.26. The lowest BCUT2D eigenvalue weighted by molar-refractivity contribution is -0.384. The molecule has 1 aromatic heterocycles. The Balaban J connectivity index is 2.35. The van der Waals surface area contributed by atoms with Gasteiger partial charge in [-0.05, 0) is 25.5 Å². The molecule has 0 amide bonds. The molecule has 0 aliphatic heterocycles. The van der Waals surface area contributed by atoms with E-state index in [4.69, 9.17) is 4.52 Å². The summed E-state index contributed by atoms with van der Waals surface area (Å²) in [5, 5.41) is 14.5. The molecule has 6 nitrogen and oxygen atoms in total. The van der Waals surface area contributed by atoms with Gasteiger partial charge in [0.2, 0.25) is 0 Å². The molecule has 19 heavy (non-hydrogen) atoms. The number of hydrogen-bond donors (Lipinski definition) is 0. The quantitative estimate of drug-likeness (QED) is 0.468. The maximum absolute atomic E-state index is 10.6. The molecule has 2 rings (SSSR count). The number of rotatable bonds is 5. The Morgan fingerprint density at radius 3 is 2.63 bits per heavy atom. The SMILES string of the molecule is Cc1onc(-c2ccc([N+](=O)[O-])cc2)c1CCC=O. The van der Waals surface area contributed by atoms with Crippen LogP contribution in [-0.2, 0) is 11.2 Å². The van der Waals surface area contributed by atoms with Gasteiger partial charge >= 0.3 is 0 Å². The van der Waals surface area contributed by atoms with E-state index in [0.29, 0.717) is 24.3 Å². The van der Waals surface area contributed by atoms with Gasteiger partial charge < -0.3 is 9.32 Å². The number of nitrogens with zero attached hydrogens (tertiary/aromatic N) is 2. The highest BCUT2D eigenvalue weighted by Crippen LogP contribution is 2.27. The van der Waals surface area contributed by atoms with Crippen LogP contribution >= 0.6 is 0 Å². The summed E-state index contributed by atoms with van der Waals surface area (Å²) in [4.78, 5) is 20.6. The molecule has 0 spiro atoms. The van der Waals surface area contributed by atoms with Crippen molar-refractivity contribution in [2.45, 2.75) is 19.8 Å². The number of aryl methyl sites for hydroxylation is 1. The minimum Gasteiger partial charge on any atom is -0.361 e. The third-order valence-corrected chi connectivity index (χ3v) is 2.85. The van der Waals surface area contributed by atoms with Gasteiger partial charge in [0.1, 0.15) is 17.7 Å². The largest absolute Gasteiger partial charge is 0.361 e. The van der Waals surface area contributed by atoms with Crippen molar-refractivity contribution in [3.63, 3.8) is 0 Å². The summed E-state index contributed by atoms with van der Waals surface area (Å²) >= 11 is 0. The normalized spacial score (nSPS) is 10.4. The molecule has 1 heterocycles. The standard InChI is InChI=1S/C13H12N2O4/c1-9-12(3-2-8-16)13(14-19-9)10-4-6-11(7-5-10)15(17)18/h4-8H,2-3H2,1H3. The molecule has 0 aliphatic rings. The zero-order valence-corrected chi connectivity index (χ0v) is 10.3. The number of hydrogen-bond acceptors (Lipinski definition) is 5. The van der Waals surface area contributed by atoms with E-state index >= 15 is 0 Å². The van der Waals surface area contributed by atoms with E-state index in [0.717, 1.165) is 17.4 Å². The van der Waals surface area contributed by atoms with Crippen molar-refractivity contribution in [3.8, 4) is 11.3 Å². The van der Waals surface area contributed by atoms with E-state index in [1.807, 2.05) is 0 Å². The number of carbonyl (C=O) groups is 1. The van der Waals surface area contributed by atoms with E-state index in [9.17, 15) is 14.9 Å². The summed E-state index contributed by atoms with van der Waals surface area (Å²) in [5.74, 6) is 0.662. The highest BCUT2D eigenvalue weighted by Gasteiger charge is 2.15. The highest BCUT2D eigenvalue weighted by atomic mass is 16.6. The van der Waals surface area contributed by atoms with Crippen LogP contribution in [0.3, 0.4) is 0 Å². The van der Waals surface area contributed by atoms with Crippen LogP contribution in [0.2, 0.25) is 0 Å². The molecule has 0 saturated heterocycles. The molecule has 0 bridgehead atoms. The molecule has 0 radical (unpaired) electrons. The Labute approximate surface area is 109 Å². The van der Waals surface area contributed by atoms with Crippen LogP contribution in [0.5, 0.6) is 0 Å². The first-order chi connectivity index (χ1) is 9.13.